The summed E-state index contributed by atoms with van der Waals surface area (Å²) in [5.74, 6) is 0. The monoisotopic (exact) mass is 288 g/mol. The zero-order valence-electron chi connectivity index (χ0n) is 7.09. The van der Waals surface area contributed by atoms with Gasteiger partial charge >= 0.3 is 0 Å². The van der Waals surface area contributed by atoms with E-state index in [1.54, 1.807) is 0 Å². The molecule has 0 unspecified atom stereocenters. The summed E-state index contributed by atoms with van der Waals surface area (Å²) in [6.45, 7) is 0. The van der Waals surface area contributed by atoms with Crippen LogP contribution in [0.4, 0.5) is 0 Å². The van der Waals surface area contributed by atoms with Gasteiger partial charge in [0, 0.05) is 20.4 Å². The maximum absolute atomic E-state index is 10.6. The number of thiophene rings is 1. The highest BCUT2D eigenvalue weighted by molar-refractivity contribution is 9.08. The minimum absolute atomic E-state index is 0.710. The predicted octanol–water partition coefficient (Wildman–Crippen LogP) is 4.26. The van der Waals surface area contributed by atoms with Crippen molar-refractivity contribution in [2.24, 2.45) is 0 Å². The maximum atomic E-state index is 10.6. The first-order valence-electron chi connectivity index (χ1n) is 3.97. The molecule has 0 fully saturated rings. The molecule has 0 aliphatic carbocycles. The number of rotatable bonds is 2. The maximum Gasteiger partial charge on any atom is 0.160 e. The number of alkyl halides is 1. The Bertz CT molecular complexity index is 492. The fraction of sp³-hybridized carbons (Fsp3) is 0.100. The Morgan fingerprint density at radius 2 is 2.21 bits per heavy atom. The molecule has 1 heterocycles. The first-order valence-corrected chi connectivity index (χ1v) is 6.29. The largest absolute Gasteiger partial charge is 0.297 e. The molecule has 0 aliphatic heterocycles. The summed E-state index contributed by atoms with van der Waals surface area (Å²) < 4.78 is 1.06. The average Bonchev–Trinajstić information content (AvgIpc) is 2.61. The number of hydrogen-bond donors (Lipinski definition) is 0. The van der Waals surface area contributed by atoms with Crippen molar-refractivity contribution in [3.63, 3.8) is 0 Å². The summed E-state index contributed by atoms with van der Waals surface area (Å²) >= 11 is 10.9. The molecular weight excluding hydrogens is 284 g/mol. The van der Waals surface area contributed by atoms with Gasteiger partial charge in [-0.25, -0.2) is 0 Å². The van der Waals surface area contributed by atoms with Crippen LogP contribution < -0.4 is 0 Å². The third kappa shape index (κ3) is 1.72. The van der Waals surface area contributed by atoms with Crippen molar-refractivity contribution in [1.29, 1.82) is 0 Å². The second-order valence-electron chi connectivity index (χ2n) is 2.89. The molecule has 4 heteroatoms. The zero-order chi connectivity index (χ0) is 10.1. The number of benzene rings is 1. The third-order valence-electron chi connectivity index (χ3n) is 1.94. The van der Waals surface area contributed by atoms with Gasteiger partial charge in [0.25, 0.3) is 0 Å². The molecule has 1 aromatic carbocycles. The SMILES string of the molecule is O=Cc1cc2c(Cl)cc(CBr)cc2s1. The summed E-state index contributed by atoms with van der Waals surface area (Å²) in [4.78, 5) is 11.3. The number of halogens is 2. The molecular formula is C10H6BrClOS. The van der Waals surface area contributed by atoms with E-state index in [-0.39, 0.29) is 0 Å². The lowest BCUT2D eigenvalue weighted by Gasteiger charge is -1.97. The van der Waals surface area contributed by atoms with Crippen molar-refractivity contribution in [2.75, 3.05) is 0 Å². The van der Waals surface area contributed by atoms with E-state index in [9.17, 15) is 4.79 Å². The Morgan fingerprint density at radius 1 is 1.43 bits per heavy atom. The molecule has 0 atom stereocenters. The predicted molar refractivity (Wildman–Crippen MR) is 64.9 cm³/mol. The molecule has 0 radical (unpaired) electrons. The minimum Gasteiger partial charge on any atom is -0.297 e. The van der Waals surface area contributed by atoms with E-state index in [0.717, 1.165) is 27.3 Å². The molecule has 0 saturated heterocycles. The fourth-order valence-corrected chi connectivity index (χ4v) is 2.95. The second-order valence-corrected chi connectivity index (χ2v) is 4.97. The molecule has 0 aliphatic rings. The summed E-state index contributed by atoms with van der Waals surface area (Å²) in [6.07, 6.45) is 0.856. The third-order valence-corrected chi connectivity index (χ3v) is 3.90. The lowest BCUT2D eigenvalue weighted by atomic mass is 10.2. The molecule has 2 aromatic rings. The van der Waals surface area contributed by atoms with Crippen molar-refractivity contribution < 1.29 is 4.79 Å². The zero-order valence-corrected chi connectivity index (χ0v) is 10.2. The van der Waals surface area contributed by atoms with E-state index < -0.39 is 0 Å². The lowest BCUT2D eigenvalue weighted by Crippen LogP contribution is -1.76. The lowest BCUT2D eigenvalue weighted by molar-refractivity contribution is 0.112. The van der Waals surface area contributed by atoms with Crippen molar-refractivity contribution in [3.8, 4) is 0 Å². The van der Waals surface area contributed by atoms with Crippen molar-refractivity contribution >= 4 is 55.2 Å². The molecule has 14 heavy (non-hydrogen) atoms. The summed E-state index contributed by atoms with van der Waals surface area (Å²) in [5, 5.41) is 2.45. The van der Waals surface area contributed by atoms with Gasteiger partial charge in [-0.05, 0) is 23.8 Å². The highest BCUT2D eigenvalue weighted by Crippen LogP contribution is 2.32. The normalized spacial score (nSPS) is 10.7. The topological polar surface area (TPSA) is 17.1 Å². The van der Waals surface area contributed by atoms with Crippen LogP contribution in [0.25, 0.3) is 10.1 Å². The van der Waals surface area contributed by atoms with Crippen LogP contribution in [-0.4, -0.2) is 6.29 Å². The highest BCUT2D eigenvalue weighted by Gasteiger charge is 2.06. The van der Waals surface area contributed by atoms with E-state index in [4.69, 9.17) is 11.6 Å². The molecule has 0 spiro atoms. The van der Waals surface area contributed by atoms with Gasteiger partial charge in [0.05, 0.1) is 4.88 Å². The molecule has 0 amide bonds. The Labute approximate surface area is 98.8 Å². The molecule has 0 bridgehead atoms. The van der Waals surface area contributed by atoms with Crippen LogP contribution in [0, 0.1) is 0 Å². The number of carbonyl (C=O) groups excluding carboxylic acids is 1. The van der Waals surface area contributed by atoms with Gasteiger partial charge in [0.2, 0.25) is 0 Å². The van der Waals surface area contributed by atoms with Crippen LogP contribution in [0.2, 0.25) is 5.02 Å². The summed E-state index contributed by atoms with van der Waals surface area (Å²) in [6, 6.07) is 5.79. The average molecular weight is 290 g/mol. The Hall–Kier alpha value is -0.380. The Morgan fingerprint density at radius 3 is 2.86 bits per heavy atom. The van der Waals surface area contributed by atoms with Crippen molar-refractivity contribution in [2.45, 2.75) is 5.33 Å². The standard InChI is InChI=1S/C10H6BrClOS/c11-4-6-1-9(12)8-3-7(5-13)14-10(8)2-6/h1-3,5H,4H2. The van der Waals surface area contributed by atoms with E-state index in [1.165, 1.54) is 11.3 Å². The summed E-state index contributed by atoms with van der Waals surface area (Å²) in [7, 11) is 0. The van der Waals surface area contributed by atoms with Crippen molar-refractivity contribution in [1.82, 2.24) is 0 Å². The van der Waals surface area contributed by atoms with Gasteiger partial charge in [0.15, 0.2) is 6.29 Å². The highest BCUT2D eigenvalue weighted by atomic mass is 79.9. The van der Waals surface area contributed by atoms with Gasteiger partial charge in [-0.2, -0.15) is 0 Å². The molecule has 1 aromatic heterocycles. The minimum atomic E-state index is 0.710. The number of carbonyl (C=O) groups is 1. The van der Waals surface area contributed by atoms with Gasteiger partial charge in [-0.15, -0.1) is 11.3 Å². The number of aldehydes is 1. The molecule has 0 saturated carbocycles. The first-order chi connectivity index (χ1) is 6.74. The molecule has 0 N–H and O–H groups in total. The fourth-order valence-electron chi connectivity index (χ4n) is 1.30. The van der Waals surface area contributed by atoms with E-state index in [1.807, 2.05) is 18.2 Å². The second kappa shape index (κ2) is 4.01. The Balaban J connectivity index is 2.73. The van der Waals surface area contributed by atoms with Crippen LogP contribution in [-0.2, 0) is 5.33 Å². The molecule has 72 valence electrons. The van der Waals surface area contributed by atoms with Crippen LogP contribution >= 0.6 is 38.9 Å². The van der Waals surface area contributed by atoms with E-state index in [2.05, 4.69) is 15.9 Å². The van der Waals surface area contributed by atoms with Gasteiger partial charge in [-0.1, -0.05) is 27.5 Å². The smallest absolute Gasteiger partial charge is 0.160 e. The van der Waals surface area contributed by atoms with Crippen LogP contribution in [0.15, 0.2) is 18.2 Å². The number of hydrogen-bond acceptors (Lipinski definition) is 2. The molecule has 1 nitrogen and oxygen atoms in total. The van der Waals surface area contributed by atoms with Crippen LogP contribution in [0.3, 0.4) is 0 Å². The van der Waals surface area contributed by atoms with E-state index in [0.29, 0.717) is 9.90 Å². The quantitative estimate of drug-likeness (QED) is 0.596. The first kappa shape index (κ1) is 10.1. The summed E-state index contributed by atoms with van der Waals surface area (Å²) in [5.41, 5.74) is 1.13. The van der Waals surface area contributed by atoms with E-state index >= 15 is 0 Å². The Kier molecular flexibility index (Phi) is 2.91. The van der Waals surface area contributed by atoms with Crippen LogP contribution in [0.5, 0.6) is 0 Å². The van der Waals surface area contributed by atoms with Gasteiger partial charge < -0.3 is 0 Å². The number of fused-ring (bicyclic) bond motifs is 1. The van der Waals surface area contributed by atoms with Gasteiger partial charge in [-0.3, -0.25) is 4.79 Å². The molecule has 2 rings (SSSR count). The van der Waals surface area contributed by atoms with Crippen molar-refractivity contribution in [3.05, 3.63) is 33.7 Å². The van der Waals surface area contributed by atoms with Gasteiger partial charge in [0.1, 0.15) is 0 Å². The van der Waals surface area contributed by atoms with Crippen LogP contribution in [0.1, 0.15) is 15.2 Å².